The summed E-state index contributed by atoms with van der Waals surface area (Å²) < 4.78 is 50.9. The van der Waals surface area contributed by atoms with Crippen LogP contribution < -0.4 is 0 Å². The van der Waals surface area contributed by atoms with Crippen LogP contribution in [0.4, 0.5) is 17.6 Å². The van der Waals surface area contributed by atoms with Crippen LogP contribution in [0, 0.1) is 5.82 Å². The molecular weight excluding hydrogens is 316 g/mol. The Kier molecular flexibility index (Phi) is 3.72. The molecule has 0 spiro atoms. The third kappa shape index (κ3) is 2.88. The van der Waals surface area contributed by atoms with Gasteiger partial charge in [-0.05, 0) is 35.9 Å². The topological polar surface area (TPSA) is 17.1 Å². The molecule has 1 aliphatic rings. The summed E-state index contributed by atoms with van der Waals surface area (Å²) in [6.07, 6.45) is -4.23. The van der Waals surface area contributed by atoms with Crippen molar-refractivity contribution in [1.29, 1.82) is 0 Å². The fourth-order valence-corrected chi connectivity index (χ4v) is 3.65. The third-order valence-corrected chi connectivity index (χ3v) is 4.83. The molecule has 0 saturated carbocycles. The van der Waals surface area contributed by atoms with Crippen molar-refractivity contribution in [3.8, 4) is 0 Å². The summed E-state index contributed by atoms with van der Waals surface area (Å²) in [6, 6.07) is 8.82. The summed E-state index contributed by atoms with van der Waals surface area (Å²) >= 11 is 1.37. The quantitative estimate of drug-likeness (QED) is 0.665. The van der Waals surface area contributed by atoms with Gasteiger partial charge in [-0.25, -0.2) is 4.39 Å². The zero-order valence-electron chi connectivity index (χ0n) is 11.2. The Morgan fingerprint density at radius 1 is 1.05 bits per heavy atom. The zero-order chi connectivity index (χ0) is 15.9. The SMILES string of the molecule is O=C1CC(c2ccc(C(F)(F)F)cc2)Sc2ccc(F)cc21. The highest BCUT2D eigenvalue weighted by atomic mass is 32.2. The second kappa shape index (κ2) is 5.43. The Labute approximate surface area is 128 Å². The number of ketones is 1. The van der Waals surface area contributed by atoms with Gasteiger partial charge in [-0.15, -0.1) is 11.8 Å². The first kappa shape index (κ1) is 15.1. The van der Waals surface area contributed by atoms with Crippen LogP contribution in [0.2, 0.25) is 0 Å². The Morgan fingerprint density at radius 3 is 2.36 bits per heavy atom. The second-order valence-corrected chi connectivity index (χ2v) is 6.24. The number of halogens is 4. The van der Waals surface area contributed by atoms with Crippen molar-refractivity contribution in [2.24, 2.45) is 0 Å². The third-order valence-electron chi connectivity index (χ3n) is 3.49. The minimum Gasteiger partial charge on any atom is -0.294 e. The van der Waals surface area contributed by atoms with Crippen LogP contribution in [0.3, 0.4) is 0 Å². The second-order valence-electron chi connectivity index (χ2n) is 4.99. The highest BCUT2D eigenvalue weighted by Gasteiger charge is 2.31. The molecule has 1 unspecified atom stereocenters. The van der Waals surface area contributed by atoms with Crippen LogP contribution in [-0.4, -0.2) is 5.78 Å². The van der Waals surface area contributed by atoms with Crippen LogP contribution in [-0.2, 0) is 6.18 Å². The highest BCUT2D eigenvalue weighted by molar-refractivity contribution is 7.99. The first-order valence-corrected chi connectivity index (χ1v) is 7.39. The first-order chi connectivity index (χ1) is 10.3. The zero-order valence-corrected chi connectivity index (χ0v) is 12.0. The normalized spacial score (nSPS) is 18.2. The van der Waals surface area contributed by atoms with E-state index in [2.05, 4.69) is 0 Å². The average molecular weight is 326 g/mol. The van der Waals surface area contributed by atoms with Crippen molar-refractivity contribution >= 4 is 17.5 Å². The number of fused-ring (bicyclic) bond motifs is 1. The van der Waals surface area contributed by atoms with Crippen molar-refractivity contribution in [2.75, 3.05) is 0 Å². The molecule has 0 saturated heterocycles. The maximum atomic E-state index is 13.2. The van der Waals surface area contributed by atoms with E-state index in [-0.39, 0.29) is 17.5 Å². The maximum Gasteiger partial charge on any atom is 0.416 e. The van der Waals surface area contributed by atoms with E-state index < -0.39 is 17.6 Å². The molecule has 1 aliphatic heterocycles. The molecule has 0 N–H and O–H groups in total. The number of carbonyl (C=O) groups is 1. The van der Waals surface area contributed by atoms with Crippen LogP contribution in [0.25, 0.3) is 0 Å². The Morgan fingerprint density at radius 2 is 1.73 bits per heavy atom. The van der Waals surface area contributed by atoms with Gasteiger partial charge in [0.15, 0.2) is 5.78 Å². The molecule has 2 aromatic carbocycles. The molecule has 0 aromatic heterocycles. The molecule has 6 heteroatoms. The van der Waals surface area contributed by atoms with Crippen LogP contribution in [0.5, 0.6) is 0 Å². The minimum absolute atomic E-state index is 0.145. The molecule has 2 aromatic rings. The van der Waals surface area contributed by atoms with Crippen molar-refractivity contribution in [3.05, 3.63) is 65.0 Å². The lowest BCUT2D eigenvalue weighted by molar-refractivity contribution is -0.137. The van der Waals surface area contributed by atoms with Gasteiger partial charge in [-0.3, -0.25) is 4.79 Å². The van der Waals surface area contributed by atoms with E-state index in [1.54, 1.807) is 0 Å². The Hall–Kier alpha value is -1.82. The molecule has 1 nitrogen and oxygen atoms in total. The maximum absolute atomic E-state index is 13.2. The molecule has 0 amide bonds. The fraction of sp³-hybridized carbons (Fsp3) is 0.188. The van der Waals surface area contributed by atoms with Crippen molar-refractivity contribution in [3.63, 3.8) is 0 Å². The van der Waals surface area contributed by atoms with Gasteiger partial charge in [0, 0.05) is 22.1 Å². The molecule has 0 aliphatic carbocycles. The van der Waals surface area contributed by atoms with Gasteiger partial charge < -0.3 is 0 Å². The van der Waals surface area contributed by atoms with E-state index in [9.17, 15) is 22.4 Å². The van der Waals surface area contributed by atoms with Gasteiger partial charge in [0.1, 0.15) is 5.82 Å². The number of rotatable bonds is 1. The molecule has 0 fully saturated rings. The summed E-state index contributed by atoms with van der Waals surface area (Å²) in [5, 5.41) is -0.257. The van der Waals surface area contributed by atoms with E-state index in [4.69, 9.17) is 0 Å². The van der Waals surface area contributed by atoms with E-state index in [0.29, 0.717) is 16.0 Å². The summed E-state index contributed by atoms with van der Waals surface area (Å²) in [5.74, 6) is -0.668. The molecular formula is C16H10F4OS. The van der Waals surface area contributed by atoms with E-state index in [0.717, 1.165) is 12.1 Å². The molecule has 22 heavy (non-hydrogen) atoms. The van der Waals surface area contributed by atoms with E-state index in [1.165, 1.54) is 42.1 Å². The minimum atomic E-state index is -4.38. The van der Waals surface area contributed by atoms with Crippen molar-refractivity contribution in [2.45, 2.75) is 22.7 Å². The van der Waals surface area contributed by atoms with Crippen LogP contribution >= 0.6 is 11.8 Å². The standard InChI is InChI=1S/C16H10F4OS/c17-11-5-6-14-12(7-11)13(21)8-15(22-14)9-1-3-10(4-2-9)16(18,19)20/h1-7,15H,8H2. The van der Waals surface area contributed by atoms with Gasteiger partial charge in [-0.1, -0.05) is 12.1 Å². The van der Waals surface area contributed by atoms with Gasteiger partial charge in [0.2, 0.25) is 0 Å². The van der Waals surface area contributed by atoms with Gasteiger partial charge in [0.05, 0.1) is 5.56 Å². The number of hydrogen-bond acceptors (Lipinski definition) is 2. The van der Waals surface area contributed by atoms with Crippen LogP contribution in [0.1, 0.15) is 33.2 Å². The monoisotopic (exact) mass is 326 g/mol. The molecule has 3 rings (SSSR count). The van der Waals surface area contributed by atoms with E-state index >= 15 is 0 Å². The predicted molar refractivity (Wildman–Crippen MR) is 75.4 cm³/mol. The smallest absolute Gasteiger partial charge is 0.294 e. The molecule has 0 bridgehead atoms. The van der Waals surface area contributed by atoms with Crippen LogP contribution in [0.15, 0.2) is 47.4 Å². The summed E-state index contributed by atoms with van der Waals surface area (Å²) in [6.45, 7) is 0. The number of carbonyl (C=O) groups excluding carboxylic acids is 1. The van der Waals surface area contributed by atoms with Crippen molar-refractivity contribution < 1.29 is 22.4 Å². The average Bonchev–Trinajstić information content (AvgIpc) is 2.47. The summed E-state index contributed by atoms with van der Waals surface area (Å²) in [4.78, 5) is 12.7. The van der Waals surface area contributed by atoms with Crippen molar-refractivity contribution in [1.82, 2.24) is 0 Å². The number of Topliss-reactive ketones (excluding diaryl/α,β-unsaturated/α-hetero) is 1. The lowest BCUT2D eigenvalue weighted by atomic mass is 10.0. The van der Waals surface area contributed by atoms with Gasteiger partial charge in [0.25, 0.3) is 0 Å². The molecule has 114 valence electrons. The summed E-state index contributed by atoms with van der Waals surface area (Å²) in [5.41, 5.74) is 0.278. The Balaban J connectivity index is 1.88. The number of hydrogen-bond donors (Lipinski definition) is 0. The summed E-state index contributed by atoms with van der Waals surface area (Å²) in [7, 11) is 0. The largest absolute Gasteiger partial charge is 0.416 e. The lowest BCUT2D eigenvalue weighted by Gasteiger charge is -2.23. The first-order valence-electron chi connectivity index (χ1n) is 6.51. The van der Waals surface area contributed by atoms with Gasteiger partial charge >= 0.3 is 6.18 Å². The highest BCUT2D eigenvalue weighted by Crippen LogP contribution is 2.45. The molecule has 1 atom stereocenters. The molecule has 1 heterocycles. The number of benzene rings is 2. The van der Waals surface area contributed by atoms with E-state index in [1.807, 2.05) is 0 Å². The Bertz CT molecular complexity index is 722. The predicted octanol–water partition coefficient (Wildman–Crippen LogP) is 5.26. The fourth-order valence-electron chi connectivity index (χ4n) is 2.37. The lowest BCUT2D eigenvalue weighted by Crippen LogP contribution is -2.13. The van der Waals surface area contributed by atoms with Gasteiger partial charge in [-0.2, -0.15) is 13.2 Å². The molecule has 0 radical (unpaired) electrons. The number of alkyl halides is 3. The number of thioether (sulfide) groups is 1.